The molecule has 3 heteroatoms. The molecule has 1 saturated heterocycles. The van der Waals surface area contributed by atoms with Crippen LogP contribution in [0.1, 0.15) is 33.6 Å². The van der Waals surface area contributed by atoms with E-state index in [1.807, 2.05) is 6.92 Å². The van der Waals surface area contributed by atoms with Gasteiger partial charge in [0.25, 0.3) is 0 Å². The Morgan fingerprint density at radius 3 is 2.75 bits per heavy atom. The van der Waals surface area contributed by atoms with E-state index in [9.17, 15) is 0 Å². The zero-order valence-electron chi connectivity index (χ0n) is 11.2. The van der Waals surface area contributed by atoms with Crippen molar-refractivity contribution < 1.29 is 4.74 Å². The van der Waals surface area contributed by atoms with Crippen molar-refractivity contribution in [2.75, 3.05) is 45.9 Å². The van der Waals surface area contributed by atoms with E-state index in [-0.39, 0.29) is 0 Å². The first-order valence-corrected chi connectivity index (χ1v) is 6.65. The highest BCUT2D eigenvalue weighted by molar-refractivity contribution is 4.82. The van der Waals surface area contributed by atoms with Gasteiger partial charge in [-0.15, -0.1) is 0 Å². The predicted molar refractivity (Wildman–Crippen MR) is 68.8 cm³/mol. The number of hydrogen-bond donors (Lipinski definition) is 1. The fourth-order valence-electron chi connectivity index (χ4n) is 2.22. The maximum absolute atomic E-state index is 5.29. The molecule has 0 amide bonds. The lowest BCUT2D eigenvalue weighted by atomic mass is 9.93. The van der Waals surface area contributed by atoms with Crippen molar-refractivity contribution in [1.82, 2.24) is 10.2 Å². The first-order chi connectivity index (χ1) is 7.64. The predicted octanol–water partition coefficient (Wildman–Crippen LogP) is 1.73. The fraction of sp³-hybridized carbons (Fsp3) is 1.00. The van der Waals surface area contributed by atoms with Gasteiger partial charge in [0.05, 0.1) is 0 Å². The molecule has 96 valence electrons. The van der Waals surface area contributed by atoms with E-state index in [2.05, 4.69) is 24.1 Å². The Balaban J connectivity index is 1.88. The Hall–Kier alpha value is -0.120. The van der Waals surface area contributed by atoms with Gasteiger partial charge in [0, 0.05) is 32.8 Å². The van der Waals surface area contributed by atoms with E-state index in [0.717, 1.165) is 32.7 Å². The minimum atomic E-state index is 0.537. The van der Waals surface area contributed by atoms with Crippen LogP contribution in [0.3, 0.4) is 0 Å². The topological polar surface area (TPSA) is 24.5 Å². The van der Waals surface area contributed by atoms with Crippen LogP contribution in [-0.2, 0) is 4.74 Å². The number of hydrogen-bond acceptors (Lipinski definition) is 3. The Morgan fingerprint density at radius 1 is 1.31 bits per heavy atom. The van der Waals surface area contributed by atoms with E-state index in [1.165, 1.54) is 26.1 Å². The fourth-order valence-corrected chi connectivity index (χ4v) is 2.22. The molecule has 1 aliphatic rings. The lowest BCUT2D eigenvalue weighted by molar-refractivity contribution is 0.144. The molecule has 0 bridgehead atoms. The number of nitrogens with zero attached hydrogens (tertiary/aromatic N) is 1. The second-order valence-electron chi connectivity index (χ2n) is 5.49. The molecule has 0 atom stereocenters. The summed E-state index contributed by atoms with van der Waals surface area (Å²) in [5.41, 5.74) is 0.537. The highest BCUT2D eigenvalue weighted by Gasteiger charge is 2.28. The third-order valence-electron chi connectivity index (χ3n) is 3.21. The van der Waals surface area contributed by atoms with Crippen LogP contribution in [0.5, 0.6) is 0 Å². The Bertz CT molecular complexity index is 183. The van der Waals surface area contributed by atoms with E-state index in [1.54, 1.807) is 0 Å². The first kappa shape index (κ1) is 13.9. The summed E-state index contributed by atoms with van der Waals surface area (Å²) in [6.45, 7) is 14.4. The summed E-state index contributed by atoms with van der Waals surface area (Å²) in [5.74, 6) is 0. The molecule has 1 aliphatic heterocycles. The van der Waals surface area contributed by atoms with Crippen LogP contribution < -0.4 is 5.32 Å². The second-order valence-corrected chi connectivity index (χ2v) is 5.49. The largest absolute Gasteiger partial charge is 0.382 e. The molecule has 0 aromatic carbocycles. The van der Waals surface area contributed by atoms with Crippen molar-refractivity contribution in [2.45, 2.75) is 33.6 Å². The van der Waals surface area contributed by atoms with Crippen molar-refractivity contribution >= 4 is 0 Å². The third-order valence-corrected chi connectivity index (χ3v) is 3.21. The molecule has 0 aromatic heterocycles. The maximum Gasteiger partial charge on any atom is 0.0477 e. The molecule has 16 heavy (non-hydrogen) atoms. The van der Waals surface area contributed by atoms with Gasteiger partial charge in [-0.05, 0) is 38.3 Å². The molecule has 1 heterocycles. The van der Waals surface area contributed by atoms with Crippen LogP contribution in [-0.4, -0.2) is 50.8 Å². The molecule has 0 spiro atoms. The summed E-state index contributed by atoms with van der Waals surface area (Å²) in [7, 11) is 0. The maximum atomic E-state index is 5.29. The van der Waals surface area contributed by atoms with Crippen molar-refractivity contribution in [2.24, 2.45) is 5.41 Å². The van der Waals surface area contributed by atoms with Crippen molar-refractivity contribution in [3.8, 4) is 0 Å². The highest BCUT2D eigenvalue weighted by Crippen LogP contribution is 2.28. The minimum Gasteiger partial charge on any atom is -0.382 e. The van der Waals surface area contributed by atoms with Gasteiger partial charge in [0.1, 0.15) is 0 Å². The van der Waals surface area contributed by atoms with E-state index in [0.29, 0.717) is 5.41 Å². The van der Waals surface area contributed by atoms with Gasteiger partial charge in [-0.2, -0.15) is 0 Å². The van der Waals surface area contributed by atoms with Gasteiger partial charge in [0.2, 0.25) is 0 Å². The highest BCUT2D eigenvalue weighted by atomic mass is 16.5. The molecular weight excluding hydrogens is 200 g/mol. The van der Waals surface area contributed by atoms with Gasteiger partial charge in [-0.25, -0.2) is 0 Å². The summed E-state index contributed by atoms with van der Waals surface area (Å²) in [5, 5.41) is 3.48. The summed E-state index contributed by atoms with van der Waals surface area (Å²) < 4.78 is 5.29. The Kier molecular flexibility index (Phi) is 6.32. The molecule has 1 N–H and O–H groups in total. The summed E-state index contributed by atoms with van der Waals surface area (Å²) >= 11 is 0. The van der Waals surface area contributed by atoms with Crippen molar-refractivity contribution in [3.05, 3.63) is 0 Å². The van der Waals surface area contributed by atoms with E-state index in [4.69, 9.17) is 4.74 Å². The number of rotatable bonds is 8. The second kappa shape index (κ2) is 7.25. The number of ether oxygens (including phenoxy) is 1. The van der Waals surface area contributed by atoms with Crippen LogP contribution in [0.2, 0.25) is 0 Å². The zero-order chi connectivity index (χ0) is 11.9. The third kappa shape index (κ3) is 5.83. The van der Waals surface area contributed by atoms with Crippen LogP contribution in [0.15, 0.2) is 0 Å². The average molecular weight is 228 g/mol. The number of likely N-dealkylation sites (tertiary alicyclic amines) is 1. The molecule has 0 unspecified atom stereocenters. The van der Waals surface area contributed by atoms with Gasteiger partial charge in [0.15, 0.2) is 0 Å². The minimum absolute atomic E-state index is 0.537. The first-order valence-electron chi connectivity index (χ1n) is 6.65. The summed E-state index contributed by atoms with van der Waals surface area (Å²) in [4.78, 5) is 2.57. The molecule has 0 aliphatic carbocycles. The van der Waals surface area contributed by atoms with Crippen molar-refractivity contribution in [1.29, 1.82) is 0 Å². The molecule has 3 nitrogen and oxygen atoms in total. The standard InChI is InChI=1S/C13H28N2O/c1-4-16-11-5-7-14-8-10-15-9-6-13(2,3)12-15/h14H,4-12H2,1-3H3. The summed E-state index contributed by atoms with van der Waals surface area (Å²) in [6.07, 6.45) is 2.47. The van der Waals surface area contributed by atoms with Gasteiger partial charge >= 0.3 is 0 Å². The average Bonchev–Trinajstić information content (AvgIpc) is 2.57. The van der Waals surface area contributed by atoms with Crippen LogP contribution in [0.4, 0.5) is 0 Å². The lowest BCUT2D eigenvalue weighted by Gasteiger charge is -2.19. The lowest BCUT2D eigenvalue weighted by Crippen LogP contribution is -2.32. The quantitative estimate of drug-likeness (QED) is 0.640. The molecule has 0 saturated carbocycles. The van der Waals surface area contributed by atoms with Crippen LogP contribution in [0, 0.1) is 5.41 Å². The number of nitrogens with one attached hydrogen (secondary N) is 1. The van der Waals surface area contributed by atoms with Gasteiger partial charge < -0.3 is 15.0 Å². The van der Waals surface area contributed by atoms with Gasteiger partial charge in [-0.3, -0.25) is 0 Å². The summed E-state index contributed by atoms with van der Waals surface area (Å²) in [6, 6.07) is 0. The molecular formula is C13H28N2O. The Morgan fingerprint density at radius 2 is 2.12 bits per heavy atom. The molecule has 1 rings (SSSR count). The Labute approximate surface area is 101 Å². The van der Waals surface area contributed by atoms with Crippen molar-refractivity contribution in [3.63, 3.8) is 0 Å². The van der Waals surface area contributed by atoms with E-state index >= 15 is 0 Å². The smallest absolute Gasteiger partial charge is 0.0477 e. The SMILES string of the molecule is CCOCCCNCCN1CCC(C)(C)C1. The molecule has 0 aromatic rings. The molecule has 1 fully saturated rings. The van der Waals surface area contributed by atoms with Gasteiger partial charge in [-0.1, -0.05) is 13.8 Å². The zero-order valence-corrected chi connectivity index (χ0v) is 11.2. The molecule has 0 radical (unpaired) electrons. The monoisotopic (exact) mass is 228 g/mol. The van der Waals surface area contributed by atoms with Crippen LogP contribution >= 0.6 is 0 Å². The van der Waals surface area contributed by atoms with E-state index < -0.39 is 0 Å². The normalized spacial score (nSPS) is 20.4. The van der Waals surface area contributed by atoms with Crippen LogP contribution in [0.25, 0.3) is 0 Å².